The summed E-state index contributed by atoms with van der Waals surface area (Å²) in [5, 5.41) is 16.5. The SMILES string of the molecule is COc1cc2c(Oc3ccc(NC(=O)c4c5c(cn(-c6ccc(F)cc6)c4=O)CCO5)cc3F)ccnc2cc1OCCCNCC1CCCC(O)C1. The van der Waals surface area contributed by atoms with E-state index in [1.165, 1.54) is 48.1 Å². The maximum Gasteiger partial charge on any atom is 0.271 e. The molecule has 276 valence electrons. The maximum absolute atomic E-state index is 15.5. The van der Waals surface area contributed by atoms with Crippen molar-refractivity contribution in [2.75, 3.05) is 38.7 Å². The van der Waals surface area contributed by atoms with Crippen molar-refractivity contribution in [3.8, 4) is 34.4 Å². The summed E-state index contributed by atoms with van der Waals surface area (Å²) in [6, 6.07) is 14.3. The van der Waals surface area contributed by atoms with Gasteiger partial charge in [0.2, 0.25) is 0 Å². The summed E-state index contributed by atoms with van der Waals surface area (Å²) in [7, 11) is 1.53. The van der Waals surface area contributed by atoms with Crippen LogP contribution in [0.4, 0.5) is 14.5 Å². The van der Waals surface area contributed by atoms with Crippen LogP contribution in [0, 0.1) is 17.6 Å². The van der Waals surface area contributed by atoms with E-state index in [0.717, 1.165) is 51.3 Å². The molecule has 0 saturated heterocycles. The third-order valence-corrected chi connectivity index (χ3v) is 9.53. The van der Waals surface area contributed by atoms with Gasteiger partial charge in [-0.05, 0) is 93.2 Å². The number of methoxy groups -OCH3 is 1. The number of aliphatic hydroxyl groups excluding tert-OH is 1. The molecule has 2 atom stereocenters. The summed E-state index contributed by atoms with van der Waals surface area (Å²) < 4.78 is 53.6. The van der Waals surface area contributed by atoms with Gasteiger partial charge in [-0.25, -0.2) is 8.78 Å². The normalized spacial score (nSPS) is 16.5. The number of fused-ring (bicyclic) bond motifs is 2. The van der Waals surface area contributed by atoms with Crippen molar-refractivity contribution in [3.05, 3.63) is 106 Å². The number of carbonyl (C=O) groups is 1. The van der Waals surface area contributed by atoms with Gasteiger partial charge in [0.15, 0.2) is 23.1 Å². The molecule has 11 nitrogen and oxygen atoms in total. The Hall–Kier alpha value is -5.53. The summed E-state index contributed by atoms with van der Waals surface area (Å²) in [4.78, 5) is 31.4. The summed E-state index contributed by atoms with van der Waals surface area (Å²) in [6.07, 6.45) is 8.16. The Labute approximate surface area is 304 Å². The number of rotatable bonds is 13. The Morgan fingerprint density at radius 3 is 2.68 bits per heavy atom. The molecule has 0 radical (unpaired) electrons. The number of nitrogens with one attached hydrogen (secondary N) is 2. The van der Waals surface area contributed by atoms with Crippen LogP contribution >= 0.6 is 0 Å². The fourth-order valence-corrected chi connectivity index (χ4v) is 6.85. The highest BCUT2D eigenvalue weighted by molar-refractivity contribution is 6.06. The van der Waals surface area contributed by atoms with E-state index >= 15 is 4.39 Å². The van der Waals surface area contributed by atoms with Crippen molar-refractivity contribution >= 4 is 22.5 Å². The Balaban J connectivity index is 1.02. The van der Waals surface area contributed by atoms with Gasteiger partial charge in [0.1, 0.15) is 22.9 Å². The first-order valence-electron chi connectivity index (χ1n) is 17.7. The van der Waals surface area contributed by atoms with Crippen LogP contribution in [0.5, 0.6) is 28.7 Å². The van der Waals surface area contributed by atoms with E-state index in [2.05, 4.69) is 15.6 Å². The van der Waals surface area contributed by atoms with Gasteiger partial charge in [0.05, 0.1) is 31.9 Å². The van der Waals surface area contributed by atoms with Gasteiger partial charge in [-0.15, -0.1) is 0 Å². The highest BCUT2D eigenvalue weighted by Crippen LogP contribution is 2.38. The lowest BCUT2D eigenvalue weighted by Crippen LogP contribution is -2.30. The Morgan fingerprint density at radius 2 is 1.89 bits per heavy atom. The number of nitrogens with zero attached hydrogens (tertiary/aromatic N) is 2. The number of hydrogen-bond acceptors (Lipinski definition) is 9. The second-order valence-electron chi connectivity index (χ2n) is 13.2. The van der Waals surface area contributed by atoms with Gasteiger partial charge >= 0.3 is 0 Å². The molecule has 1 saturated carbocycles. The number of benzene rings is 3. The van der Waals surface area contributed by atoms with Gasteiger partial charge < -0.3 is 34.7 Å². The van der Waals surface area contributed by atoms with Crippen LogP contribution in [0.2, 0.25) is 0 Å². The van der Waals surface area contributed by atoms with Crippen LogP contribution in [-0.4, -0.2) is 60.1 Å². The molecule has 1 amide bonds. The molecule has 13 heteroatoms. The van der Waals surface area contributed by atoms with E-state index in [9.17, 15) is 19.1 Å². The van der Waals surface area contributed by atoms with Gasteiger partial charge in [-0.3, -0.25) is 19.1 Å². The molecule has 53 heavy (non-hydrogen) atoms. The van der Waals surface area contributed by atoms with Crippen LogP contribution < -0.4 is 35.1 Å². The number of carbonyl (C=O) groups excluding carboxylic acids is 1. The van der Waals surface area contributed by atoms with Crippen LogP contribution in [-0.2, 0) is 6.42 Å². The minimum Gasteiger partial charge on any atom is -0.493 e. The Kier molecular flexibility index (Phi) is 10.8. The van der Waals surface area contributed by atoms with Crippen molar-refractivity contribution in [1.29, 1.82) is 0 Å². The molecule has 0 bridgehead atoms. The number of amides is 1. The highest BCUT2D eigenvalue weighted by atomic mass is 19.1. The van der Waals surface area contributed by atoms with E-state index in [1.807, 2.05) is 0 Å². The molecular formula is C40H40F2N4O7. The largest absolute Gasteiger partial charge is 0.493 e. The zero-order chi connectivity index (χ0) is 36.9. The smallest absolute Gasteiger partial charge is 0.271 e. The molecule has 3 heterocycles. The minimum atomic E-state index is -0.778. The first-order chi connectivity index (χ1) is 25.8. The lowest BCUT2D eigenvalue weighted by Gasteiger charge is -2.26. The molecule has 2 aromatic heterocycles. The standard InChI is InChI=1S/C40H40F2N4O7/c1-50-35-20-30-32(21-36(35)51-16-3-14-43-22-24-4-2-5-29(47)18-24)44-15-12-33(30)53-34-11-8-27(19-31(34)42)45-39(48)37-38-25(13-17-52-38)23-46(40(37)49)28-9-6-26(41)7-10-28/h6-12,15,19-21,23-24,29,43,47H,2-5,13-14,16-18,22H2,1H3,(H,45,48). The Morgan fingerprint density at radius 1 is 1.04 bits per heavy atom. The van der Waals surface area contributed by atoms with Gasteiger partial charge in [-0.1, -0.05) is 6.42 Å². The average Bonchev–Trinajstić information content (AvgIpc) is 3.62. The predicted octanol–water partition coefficient (Wildman–Crippen LogP) is 6.56. The minimum absolute atomic E-state index is 0.0919. The number of ether oxygens (including phenoxy) is 4. The third-order valence-electron chi connectivity index (χ3n) is 9.53. The molecule has 1 aliphatic carbocycles. The number of pyridine rings is 2. The summed E-state index contributed by atoms with van der Waals surface area (Å²) in [5.74, 6) is -0.119. The molecule has 3 N–H and O–H groups in total. The van der Waals surface area contributed by atoms with Gasteiger partial charge in [0, 0.05) is 53.3 Å². The van der Waals surface area contributed by atoms with E-state index in [1.54, 1.807) is 30.6 Å². The first kappa shape index (κ1) is 35.9. The monoisotopic (exact) mass is 726 g/mol. The first-order valence-corrected chi connectivity index (χ1v) is 17.7. The molecule has 1 aliphatic heterocycles. The molecule has 1 fully saturated rings. The quantitative estimate of drug-likeness (QED) is 0.115. The van der Waals surface area contributed by atoms with Crippen molar-refractivity contribution < 1.29 is 37.6 Å². The zero-order valence-electron chi connectivity index (χ0n) is 29.2. The second kappa shape index (κ2) is 16.0. The van der Waals surface area contributed by atoms with Gasteiger partial charge in [0.25, 0.3) is 11.5 Å². The van der Waals surface area contributed by atoms with Crippen LogP contribution in [0.3, 0.4) is 0 Å². The highest BCUT2D eigenvalue weighted by Gasteiger charge is 2.27. The fraction of sp³-hybridized carbons (Fsp3) is 0.325. The van der Waals surface area contributed by atoms with Crippen LogP contribution in [0.25, 0.3) is 16.6 Å². The number of aromatic nitrogens is 2. The summed E-state index contributed by atoms with van der Waals surface area (Å²) in [5.41, 5.74) is 0.781. The number of anilines is 1. The Bertz CT molecular complexity index is 2180. The zero-order valence-corrected chi connectivity index (χ0v) is 29.2. The van der Waals surface area contributed by atoms with E-state index in [-0.39, 0.29) is 28.9 Å². The second-order valence-corrected chi connectivity index (χ2v) is 13.2. The maximum atomic E-state index is 15.5. The average molecular weight is 727 g/mol. The fourth-order valence-electron chi connectivity index (χ4n) is 6.85. The molecule has 3 aromatic carbocycles. The van der Waals surface area contributed by atoms with Crippen LogP contribution in [0.15, 0.2) is 77.9 Å². The summed E-state index contributed by atoms with van der Waals surface area (Å²) in [6.45, 7) is 2.41. The lowest BCUT2D eigenvalue weighted by atomic mass is 9.87. The molecule has 7 rings (SSSR count). The van der Waals surface area contributed by atoms with E-state index in [0.29, 0.717) is 65.0 Å². The topological polar surface area (TPSA) is 133 Å². The lowest BCUT2D eigenvalue weighted by molar-refractivity contribution is 0.100. The summed E-state index contributed by atoms with van der Waals surface area (Å²) >= 11 is 0. The van der Waals surface area contributed by atoms with Gasteiger partial charge in [-0.2, -0.15) is 0 Å². The van der Waals surface area contributed by atoms with Crippen molar-refractivity contribution in [2.45, 2.75) is 44.6 Å². The van der Waals surface area contributed by atoms with Crippen molar-refractivity contribution in [2.24, 2.45) is 5.92 Å². The molecule has 2 unspecified atom stereocenters. The molecule has 2 aliphatic rings. The van der Waals surface area contributed by atoms with Crippen molar-refractivity contribution in [3.63, 3.8) is 0 Å². The van der Waals surface area contributed by atoms with Crippen LogP contribution in [0.1, 0.15) is 48.0 Å². The van der Waals surface area contributed by atoms with Crippen molar-refractivity contribution in [1.82, 2.24) is 14.9 Å². The molecule has 0 spiro atoms. The number of hydrogen-bond donors (Lipinski definition) is 3. The van der Waals surface area contributed by atoms with E-state index < -0.39 is 23.1 Å². The predicted molar refractivity (Wildman–Crippen MR) is 195 cm³/mol. The molecule has 5 aromatic rings. The van der Waals surface area contributed by atoms with E-state index in [4.69, 9.17) is 18.9 Å². The third kappa shape index (κ3) is 8.11. The number of aliphatic hydroxyl groups is 1. The molecular weight excluding hydrogens is 686 g/mol. The number of halogens is 2.